The van der Waals surface area contributed by atoms with Gasteiger partial charge in [0.1, 0.15) is 5.82 Å². The van der Waals surface area contributed by atoms with Gasteiger partial charge in [-0.15, -0.1) is 0 Å². The Hall–Kier alpha value is -2.90. The van der Waals surface area contributed by atoms with Crippen LogP contribution in [0.1, 0.15) is 23.4 Å². The molecule has 0 spiro atoms. The number of amides is 2. The van der Waals surface area contributed by atoms with Gasteiger partial charge >= 0.3 is 12.0 Å². The Morgan fingerprint density at radius 3 is 2.81 bits per heavy atom. The van der Waals surface area contributed by atoms with Gasteiger partial charge in [-0.25, -0.2) is 9.18 Å². The third kappa shape index (κ3) is 4.38. The summed E-state index contributed by atoms with van der Waals surface area (Å²) in [5.41, 5.74) is 2.19. The lowest BCUT2D eigenvalue weighted by molar-refractivity contribution is -0.136. The van der Waals surface area contributed by atoms with E-state index in [0.717, 1.165) is 11.4 Å². The van der Waals surface area contributed by atoms with Gasteiger partial charge in [0.05, 0.1) is 30.9 Å². The molecule has 0 fully saturated rings. The number of aliphatic carboxylic acids is 1. The number of fused-ring (bicyclic) bond motifs is 1. The van der Waals surface area contributed by atoms with Gasteiger partial charge in [0.25, 0.3) is 0 Å². The normalized spacial score (nSPS) is 13.3. The SMILES string of the molecule is O=C(O)CCc1cc2n(n1)CCN(C(=O)NCCc1ccccc1F)C2. The van der Waals surface area contributed by atoms with Crippen molar-refractivity contribution in [3.63, 3.8) is 0 Å². The highest BCUT2D eigenvalue weighted by Gasteiger charge is 2.22. The molecule has 7 nitrogen and oxygen atoms in total. The molecule has 0 atom stereocenters. The molecule has 0 bridgehead atoms. The first-order valence-electron chi connectivity index (χ1n) is 8.56. The van der Waals surface area contributed by atoms with E-state index in [0.29, 0.717) is 44.6 Å². The van der Waals surface area contributed by atoms with Crippen LogP contribution in [-0.2, 0) is 30.7 Å². The maximum absolute atomic E-state index is 13.6. The number of carbonyl (C=O) groups is 2. The second kappa shape index (κ2) is 7.99. The average molecular weight is 360 g/mol. The number of hydrogen-bond acceptors (Lipinski definition) is 3. The molecule has 2 heterocycles. The lowest BCUT2D eigenvalue weighted by Crippen LogP contribution is -2.44. The van der Waals surface area contributed by atoms with Crippen molar-refractivity contribution >= 4 is 12.0 Å². The molecule has 138 valence electrons. The highest BCUT2D eigenvalue weighted by Crippen LogP contribution is 2.15. The zero-order valence-corrected chi connectivity index (χ0v) is 14.3. The molecule has 2 aromatic rings. The van der Waals surface area contributed by atoms with Crippen LogP contribution < -0.4 is 5.32 Å². The van der Waals surface area contributed by atoms with Crippen molar-refractivity contribution in [3.05, 3.63) is 53.1 Å². The van der Waals surface area contributed by atoms with E-state index in [1.807, 2.05) is 10.7 Å². The monoisotopic (exact) mass is 360 g/mol. The third-order valence-electron chi connectivity index (χ3n) is 4.36. The number of halogens is 1. The van der Waals surface area contributed by atoms with Gasteiger partial charge in [0.2, 0.25) is 0 Å². The van der Waals surface area contributed by atoms with Gasteiger partial charge in [0.15, 0.2) is 0 Å². The molecular formula is C18H21FN4O3. The van der Waals surface area contributed by atoms with E-state index in [-0.39, 0.29) is 18.3 Å². The number of hydrogen-bond donors (Lipinski definition) is 2. The molecule has 0 aliphatic carbocycles. The molecule has 0 unspecified atom stereocenters. The van der Waals surface area contributed by atoms with Crippen LogP contribution in [0.3, 0.4) is 0 Å². The second-order valence-corrected chi connectivity index (χ2v) is 6.24. The molecule has 1 aliphatic heterocycles. The standard InChI is InChI=1S/C18H21FN4O3/c19-16-4-2-1-3-13(16)7-8-20-18(26)22-9-10-23-15(12-22)11-14(21-23)5-6-17(24)25/h1-4,11H,5-10,12H2,(H,20,26)(H,24,25). The van der Waals surface area contributed by atoms with Gasteiger partial charge in [-0.1, -0.05) is 18.2 Å². The minimum absolute atomic E-state index is 0.0384. The van der Waals surface area contributed by atoms with E-state index in [9.17, 15) is 14.0 Å². The number of rotatable bonds is 6. The van der Waals surface area contributed by atoms with Gasteiger partial charge in [0, 0.05) is 19.5 Å². The van der Waals surface area contributed by atoms with E-state index >= 15 is 0 Å². The zero-order valence-electron chi connectivity index (χ0n) is 14.3. The number of nitrogens with zero attached hydrogens (tertiary/aromatic N) is 3. The first kappa shape index (κ1) is 17.9. The summed E-state index contributed by atoms with van der Waals surface area (Å²) in [5.74, 6) is -1.12. The molecule has 1 aromatic carbocycles. The number of urea groups is 1. The summed E-state index contributed by atoms with van der Waals surface area (Å²) in [7, 11) is 0. The molecule has 0 saturated carbocycles. The molecule has 3 rings (SSSR count). The van der Waals surface area contributed by atoms with Crippen LogP contribution in [0.4, 0.5) is 9.18 Å². The number of carboxylic acids is 1. The van der Waals surface area contributed by atoms with Crippen LogP contribution in [-0.4, -0.2) is 44.9 Å². The quantitative estimate of drug-likeness (QED) is 0.822. The Bertz CT molecular complexity index is 805. The summed E-state index contributed by atoms with van der Waals surface area (Å²) >= 11 is 0. The summed E-state index contributed by atoms with van der Waals surface area (Å²) in [5, 5.41) is 16.0. The molecule has 8 heteroatoms. The maximum atomic E-state index is 13.6. The number of nitrogens with one attached hydrogen (secondary N) is 1. The van der Waals surface area contributed by atoms with Gasteiger partial charge in [-0.05, 0) is 24.1 Å². The fraction of sp³-hybridized carbons (Fsp3) is 0.389. The topological polar surface area (TPSA) is 87.5 Å². The van der Waals surface area contributed by atoms with Gasteiger partial charge in [-0.3, -0.25) is 9.48 Å². The number of carbonyl (C=O) groups excluding carboxylic acids is 1. The summed E-state index contributed by atoms with van der Waals surface area (Å²) in [6.07, 6.45) is 0.852. The van der Waals surface area contributed by atoms with Crippen molar-refractivity contribution in [1.29, 1.82) is 0 Å². The molecule has 0 radical (unpaired) electrons. The summed E-state index contributed by atoms with van der Waals surface area (Å²) in [6, 6.07) is 8.18. The van der Waals surface area contributed by atoms with Crippen molar-refractivity contribution in [1.82, 2.24) is 20.0 Å². The molecule has 1 aliphatic rings. The molecule has 1 aromatic heterocycles. The minimum atomic E-state index is -0.855. The van der Waals surface area contributed by atoms with Crippen molar-refractivity contribution in [2.75, 3.05) is 13.1 Å². The number of carboxylic acid groups (broad SMARTS) is 1. The fourth-order valence-corrected chi connectivity index (χ4v) is 2.97. The molecule has 26 heavy (non-hydrogen) atoms. The van der Waals surface area contributed by atoms with Crippen molar-refractivity contribution in [3.8, 4) is 0 Å². The lowest BCUT2D eigenvalue weighted by atomic mass is 10.1. The Balaban J connectivity index is 1.50. The predicted octanol–water partition coefficient (Wildman–Crippen LogP) is 1.81. The van der Waals surface area contributed by atoms with E-state index < -0.39 is 5.97 Å². The maximum Gasteiger partial charge on any atom is 0.317 e. The molecule has 0 saturated heterocycles. The number of aromatic nitrogens is 2. The van der Waals surface area contributed by atoms with Crippen molar-refractivity contribution < 1.29 is 19.1 Å². The summed E-state index contributed by atoms with van der Waals surface area (Å²) in [4.78, 5) is 24.7. The largest absolute Gasteiger partial charge is 0.481 e. The second-order valence-electron chi connectivity index (χ2n) is 6.24. The highest BCUT2D eigenvalue weighted by atomic mass is 19.1. The Labute approximate surface area is 150 Å². The van der Waals surface area contributed by atoms with Crippen LogP contribution in [0.2, 0.25) is 0 Å². The van der Waals surface area contributed by atoms with Gasteiger partial charge < -0.3 is 15.3 Å². The average Bonchev–Trinajstić information content (AvgIpc) is 3.03. The zero-order chi connectivity index (χ0) is 18.5. The first-order chi connectivity index (χ1) is 12.5. The lowest BCUT2D eigenvalue weighted by Gasteiger charge is -2.27. The van der Waals surface area contributed by atoms with Crippen LogP contribution >= 0.6 is 0 Å². The Morgan fingerprint density at radius 2 is 2.04 bits per heavy atom. The summed E-state index contributed by atoms with van der Waals surface area (Å²) < 4.78 is 15.4. The molecule has 2 N–H and O–H groups in total. The fourth-order valence-electron chi connectivity index (χ4n) is 2.97. The van der Waals surface area contributed by atoms with Crippen LogP contribution in [0, 0.1) is 5.82 Å². The first-order valence-corrected chi connectivity index (χ1v) is 8.56. The van der Waals surface area contributed by atoms with Crippen LogP contribution in [0.5, 0.6) is 0 Å². The van der Waals surface area contributed by atoms with Crippen LogP contribution in [0.15, 0.2) is 30.3 Å². The van der Waals surface area contributed by atoms with E-state index in [1.165, 1.54) is 6.07 Å². The van der Waals surface area contributed by atoms with Crippen LogP contribution in [0.25, 0.3) is 0 Å². The van der Waals surface area contributed by atoms with E-state index in [1.54, 1.807) is 23.1 Å². The van der Waals surface area contributed by atoms with Gasteiger partial charge in [-0.2, -0.15) is 5.10 Å². The minimum Gasteiger partial charge on any atom is -0.481 e. The number of aryl methyl sites for hydroxylation is 1. The predicted molar refractivity (Wildman–Crippen MR) is 92.1 cm³/mol. The smallest absolute Gasteiger partial charge is 0.317 e. The highest BCUT2D eigenvalue weighted by molar-refractivity contribution is 5.74. The van der Waals surface area contributed by atoms with Crippen molar-refractivity contribution in [2.24, 2.45) is 0 Å². The Morgan fingerprint density at radius 1 is 1.23 bits per heavy atom. The number of benzene rings is 1. The Kier molecular flexibility index (Phi) is 5.50. The van der Waals surface area contributed by atoms with E-state index in [2.05, 4.69) is 10.4 Å². The molecular weight excluding hydrogens is 339 g/mol. The van der Waals surface area contributed by atoms with Crippen molar-refractivity contribution in [2.45, 2.75) is 32.4 Å². The third-order valence-corrected chi connectivity index (χ3v) is 4.36. The van der Waals surface area contributed by atoms with E-state index in [4.69, 9.17) is 5.11 Å². The molecule has 2 amide bonds. The summed E-state index contributed by atoms with van der Waals surface area (Å²) in [6.45, 7) is 1.88.